The molecule has 0 amide bonds. The molecule has 0 saturated carbocycles. The lowest BCUT2D eigenvalue weighted by molar-refractivity contribution is -0.105. The van der Waals surface area contributed by atoms with Crippen LogP contribution in [0, 0.1) is 6.92 Å². The third-order valence-electron chi connectivity index (χ3n) is 4.18. The van der Waals surface area contributed by atoms with E-state index in [4.69, 9.17) is 9.47 Å². The lowest BCUT2D eigenvalue weighted by Crippen LogP contribution is -2.24. The Morgan fingerprint density at radius 3 is 2.74 bits per heavy atom. The van der Waals surface area contributed by atoms with Crippen molar-refractivity contribution < 1.29 is 14.3 Å². The van der Waals surface area contributed by atoms with Gasteiger partial charge in [-0.1, -0.05) is 24.3 Å². The minimum Gasteiger partial charge on any atom is -0.465 e. The zero-order chi connectivity index (χ0) is 16.2. The van der Waals surface area contributed by atoms with Crippen LogP contribution in [0.15, 0.2) is 42.5 Å². The molecule has 3 heteroatoms. The highest BCUT2D eigenvalue weighted by Crippen LogP contribution is 2.29. The second-order valence-electron chi connectivity index (χ2n) is 6.03. The van der Waals surface area contributed by atoms with E-state index in [9.17, 15) is 4.79 Å². The van der Waals surface area contributed by atoms with E-state index in [1.807, 2.05) is 42.5 Å². The number of ether oxygens (including phenoxy) is 2. The Labute approximate surface area is 137 Å². The van der Waals surface area contributed by atoms with Crippen LogP contribution in [0.1, 0.15) is 42.1 Å². The second kappa shape index (κ2) is 6.97. The quantitative estimate of drug-likeness (QED) is 0.763. The summed E-state index contributed by atoms with van der Waals surface area (Å²) in [4.78, 5) is 11.6. The van der Waals surface area contributed by atoms with Gasteiger partial charge in [0.25, 0.3) is 0 Å². The molecule has 2 aromatic carbocycles. The van der Waals surface area contributed by atoms with Crippen molar-refractivity contribution in [2.24, 2.45) is 0 Å². The van der Waals surface area contributed by atoms with Gasteiger partial charge >= 0.3 is 0 Å². The first-order valence-electron chi connectivity index (χ1n) is 8.14. The molecular weight excluding hydrogens is 288 g/mol. The Morgan fingerprint density at radius 1 is 1.17 bits per heavy atom. The molecule has 3 rings (SSSR count). The maximum absolute atomic E-state index is 11.6. The van der Waals surface area contributed by atoms with Crippen molar-refractivity contribution in [3.63, 3.8) is 0 Å². The summed E-state index contributed by atoms with van der Waals surface area (Å²) in [6.07, 6.45) is 3.08. The van der Waals surface area contributed by atoms with E-state index < -0.39 is 0 Å². The lowest BCUT2D eigenvalue weighted by atomic mass is 9.98. The number of ketones is 1. The summed E-state index contributed by atoms with van der Waals surface area (Å²) < 4.78 is 11.5. The van der Waals surface area contributed by atoms with Crippen LogP contribution in [0.3, 0.4) is 0 Å². The molecule has 1 fully saturated rings. The Hall–Kier alpha value is -2.13. The predicted molar refractivity (Wildman–Crippen MR) is 90.8 cm³/mol. The molecule has 120 valence electrons. The molecule has 1 aliphatic rings. The predicted octanol–water partition coefficient (Wildman–Crippen LogP) is 4.77. The van der Waals surface area contributed by atoms with Crippen LogP contribution in [0.25, 0.3) is 11.1 Å². The number of carbonyl (C=O) groups excluding carboxylic acids is 1. The Morgan fingerprint density at radius 2 is 2.04 bits per heavy atom. The van der Waals surface area contributed by atoms with Gasteiger partial charge in [0, 0.05) is 12.0 Å². The number of benzene rings is 2. The summed E-state index contributed by atoms with van der Waals surface area (Å²) in [6.45, 7) is 4.43. The van der Waals surface area contributed by atoms with Crippen molar-refractivity contribution >= 4 is 5.78 Å². The average Bonchev–Trinajstić information content (AvgIpc) is 2.56. The first-order chi connectivity index (χ1) is 11.1. The number of rotatable bonds is 4. The van der Waals surface area contributed by atoms with Crippen LogP contribution in [-0.4, -0.2) is 18.7 Å². The highest BCUT2D eigenvalue weighted by Gasteiger charge is 2.15. The van der Waals surface area contributed by atoms with Gasteiger partial charge in [0.15, 0.2) is 12.1 Å². The second-order valence-corrected chi connectivity index (χ2v) is 6.03. The van der Waals surface area contributed by atoms with Crippen LogP contribution in [0.4, 0.5) is 0 Å². The van der Waals surface area contributed by atoms with Crippen molar-refractivity contribution in [3.05, 3.63) is 53.6 Å². The van der Waals surface area contributed by atoms with Gasteiger partial charge in [0.05, 0.1) is 6.61 Å². The van der Waals surface area contributed by atoms with Crippen molar-refractivity contribution in [2.75, 3.05) is 6.61 Å². The lowest BCUT2D eigenvalue weighted by Gasteiger charge is -2.23. The largest absolute Gasteiger partial charge is 0.465 e. The molecule has 0 radical (unpaired) electrons. The highest BCUT2D eigenvalue weighted by atomic mass is 16.7. The maximum Gasteiger partial charge on any atom is 0.199 e. The highest BCUT2D eigenvalue weighted by molar-refractivity contribution is 5.95. The van der Waals surface area contributed by atoms with Crippen molar-refractivity contribution in [2.45, 2.75) is 39.4 Å². The van der Waals surface area contributed by atoms with E-state index in [2.05, 4.69) is 6.92 Å². The molecule has 1 atom stereocenters. The van der Waals surface area contributed by atoms with E-state index in [1.165, 1.54) is 0 Å². The molecule has 3 nitrogen and oxygen atoms in total. The van der Waals surface area contributed by atoms with Gasteiger partial charge in [-0.15, -0.1) is 0 Å². The van der Waals surface area contributed by atoms with E-state index in [0.29, 0.717) is 0 Å². The molecule has 1 heterocycles. The minimum absolute atomic E-state index is 0.0823. The van der Waals surface area contributed by atoms with Crippen LogP contribution in [0.2, 0.25) is 0 Å². The first kappa shape index (κ1) is 15.8. The van der Waals surface area contributed by atoms with Crippen LogP contribution < -0.4 is 4.74 Å². The number of hydrogen-bond donors (Lipinski definition) is 0. The van der Waals surface area contributed by atoms with Gasteiger partial charge < -0.3 is 9.47 Å². The number of carbonyl (C=O) groups is 1. The fourth-order valence-electron chi connectivity index (χ4n) is 2.89. The summed E-state index contributed by atoms with van der Waals surface area (Å²) in [5.41, 5.74) is 4.03. The van der Waals surface area contributed by atoms with Gasteiger partial charge in [0.1, 0.15) is 5.75 Å². The zero-order valence-corrected chi connectivity index (χ0v) is 13.7. The molecule has 0 aliphatic carbocycles. The van der Waals surface area contributed by atoms with Gasteiger partial charge in [-0.3, -0.25) is 4.79 Å². The molecule has 0 N–H and O–H groups in total. The van der Waals surface area contributed by atoms with Gasteiger partial charge in [0.2, 0.25) is 0 Å². The van der Waals surface area contributed by atoms with Crippen LogP contribution in [0.5, 0.6) is 5.75 Å². The molecule has 1 aliphatic heterocycles. The topological polar surface area (TPSA) is 35.5 Å². The number of hydrogen-bond acceptors (Lipinski definition) is 3. The number of Topliss-reactive ketones (excluding diaryl/α,β-unsaturated/α-hetero) is 1. The van der Waals surface area contributed by atoms with Crippen molar-refractivity contribution in [3.8, 4) is 16.9 Å². The summed E-state index contributed by atoms with van der Waals surface area (Å²) >= 11 is 0. The minimum atomic E-state index is -0.130. The molecule has 0 bridgehead atoms. The molecule has 23 heavy (non-hydrogen) atoms. The Bertz CT molecular complexity index is 700. The first-order valence-corrected chi connectivity index (χ1v) is 8.14. The van der Waals surface area contributed by atoms with Crippen molar-refractivity contribution in [1.29, 1.82) is 0 Å². The molecule has 0 spiro atoms. The normalized spacial score (nSPS) is 17.7. The van der Waals surface area contributed by atoms with E-state index in [0.717, 1.165) is 53.9 Å². The molecular formula is C20H22O3. The summed E-state index contributed by atoms with van der Waals surface area (Å²) in [7, 11) is 0. The van der Waals surface area contributed by atoms with Gasteiger partial charge in [-0.25, -0.2) is 0 Å². The Kier molecular flexibility index (Phi) is 4.77. The fourth-order valence-corrected chi connectivity index (χ4v) is 2.89. The third-order valence-corrected chi connectivity index (χ3v) is 4.18. The molecule has 2 aromatic rings. The Balaban J connectivity index is 1.81. The van der Waals surface area contributed by atoms with E-state index in [-0.39, 0.29) is 12.1 Å². The maximum atomic E-state index is 11.6. The van der Waals surface area contributed by atoms with E-state index in [1.54, 1.807) is 6.92 Å². The van der Waals surface area contributed by atoms with Crippen LogP contribution in [-0.2, 0) is 4.74 Å². The zero-order valence-electron chi connectivity index (χ0n) is 13.7. The van der Waals surface area contributed by atoms with Crippen molar-refractivity contribution in [1.82, 2.24) is 0 Å². The standard InChI is InChI=1S/C20H22O3/c1-14-12-18(23-20-8-3-4-11-22-20)9-10-19(14)17-7-5-6-16(13-17)15(2)21/h5-7,9-10,12-13,20H,3-4,8,11H2,1-2H3. The molecule has 0 aromatic heterocycles. The molecule has 1 saturated heterocycles. The van der Waals surface area contributed by atoms with Crippen LogP contribution >= 0.6 is 0 Å². The monoisotopic (exact) mass is 310 g/mol. The summed E-state index contributed by atoms with van der Waals surface area (Å²) in [5.74, 6) is 0.916. The number of aryl methyl sites for hydroxylation is 1. The SMILES string of the molecule is CC(=O)c1cccc(-c2ccc(OC3CCCCO3)cc2C)c1. The van der Waals surface area contributed by atoms with Gasteiger partial charge in [-0.2, -0.15) is 0 Å². The average molecular weight is 310 g/mol. The summed E-state index contributed by atoms with van der Waals surface area (Å²) in [6, 6.07) is 13.8. The molecule has 1 unspecified atom stereocenters. The fraction of sp³-hybridized carbons (Fsp3) is 0.350. The summed E-state index contributed by atoms with van der Waals surface area (Å²) in [5, 5.41) is 0. The third kappa shape index (κ3) is 3.80. The smallest absolute Gasteiger partial charge is 0.199 e. The van der Waals surface area contributed by atoms with E-state index >= 15 is 0 Å². The van der Waals surface area contributed by atoms with Gasteiger partial charge in [-0.05, 0) is 61.6 Å².